The predicted octanol–water partition coefficient (Wildman–Crippen LogP) is 3.21. The molecule has 0 bridgehead atoms. The minimum atomic E-state index is -0.434. The van der Waals surface area contributed by atoms with E-state index in [9.17, 15) is 10.1 Å². The standard InChI is InChI=1S/C14H17ClN2O/c1-3-17(4-2)14(18)9-12(10-16)11-6-5-7-13(15)8-11/h5-8,12H,3-4,9H2,1-2H3. The third kappa shape index (κ3) is 3.75. The first-order valence-electron chi connectivity index (χ1n) is 6.05. The second-order valence-electron chi connectivity index (χ2n) is 4.01. The SMILES string of the molecule is CCN(CC)C(=O)CC(C#N)c1cccc(Cl)c1. The zero-order valence-corrected chi connectivity index (χ0v) is 11.4. The highest BCUT2D eigenvalue weighted by molar-refractivity contribution is 6.30. The van der Waals surface area contributed by atoms with Crippen LogP contribution in [-0.4, -0.2) is 23.9 Å². The van der Waals surface area contributed by atoms with Crippen LogP contribution in [-0.2, 0) is 4.79 Å². The van der Waals surface area contributed by atoms with Crippen LogP contribution >= 0.6 is 11.6 Å². The lowest BCUT2D eigenvalue weighted by atomic mass is 9.96. The van der Waals surface area contributed by atoms with E-state index in [-0.39, 0.29) is 12.3 Å². The molecule has 0 heterocycles. The highest BCUT2D eigenvalue weighted by Crippen LogP contribution is 2.22. The van der Waals surface area contributed by atoms with Gasteiger partial charge < -0.3 is 4.90 Å². The maximum absolute atomic E-state index is 12.0. The van der Waals surface area contributed by atoms with Crippen LogP contribution in [0.4, 0.5) is 0 Å². The minimum Gasteiger partial charge on any atom is -0.343 e. The number of nitrogens with zero attached hydrogens (tertiary/aromatic N) is 2. The largest absolute Gasteiger partial charge is 0.343 e. The fourth-order valence-corrected chi connectivity index (χ4v) is 2.04. The highest BCUT2D eigenvalue weighted by atomic mass is 35.5. The number of benzene rings is 1. The van der Waals surface area contributed by atoms with E-state index in [1.807, 2.05) is 19.9 Å². The molecule has 0 aliphatic heterocycles. The third-order valence-corrected chi connectivity index (χ3v) is 3.14. The first kappa shape index (κ1) is 14.5. The molecule has 4 heteroatoms. The van der Waals surface area contributed by atoms with E-state index in [0.717, 1.165) is 5.56 Å². The molecule has 1 atom stereocenters. The van der Waals surface area contributed by atoms with Crippen LogP contribution in [0, 0.1) is 11.3 Å². The Bertz CT molecular complexity index is 449. The molecular weight excluding hydrogens is 248 g/mol. The van der Waals surface area contributed by atoms with Crippen molar-refractivity contribution >= 4 is 17.5 Å². The van der Waals surface area contributed by atoms with Gasteiger partial charge >= 0.3 is 0 Å². The Labute approximate surface area is 113 Å². The molecule has 0 fully saturated rings. The van der Waals surface area contributed by atoms with Crippen LogP contribution < -0.4 is 0 Å². The molecule has 1 rings (SSSR count). The summed E-state index contributed by atoms with van der Waals surface area (Å²) in [6.45, 7) is 5.20. The Balaban J connectivity index is 2.80. The summed E-state index contributed by atoms with van der Waals surface area (Å²) in [7, 11) is 0. The fourth-order valence-electron chi connectivity index (χ4n) is 1.84. The number of carbonyl (C=O) groups is 1. The van der Waals surface area contributed by atoms with Crippen LogP contribution in [0.5, 0.6) is 0 Å². The molecule has 96 valence electrons. The summed E-state index contributed by atoms with van der Waals surface area (Å²) in [5.41, 5.74) is 0.797. The van der Waals surface area contributed by atoms with Crippen molar-refractivity contribution in [3.63, 3.8) is 0 Å². The summed E-state index contributed by atoms with van der Waals surface area (Å²) >= 11 is 5.89. The number of nitriles is 1. The maximum Gasteiger partial charge on any atom is 0.224 e. The molecule has 0 aliphatic carbocycles. The van der Waals surface area contributed by atoms with Crippen LogP contribution in [0.15, 0.2) is 24.3 Å². The summed E-state index contributed by atoms with van der Waals surface area (Å²) in [6.07, 6.45) is 0.207. The lowest BCUT2D eigenvalue weighted by molar-refractivity contribution is -0.130. The van der Waals surface area contributed by atoms with Gasteiger partial charge in [0.1, 0.15) is 0 Å². The Morgan fingerprint density at radius 3 is 2.61 bits per heavy atom. The average molecular weight is 265 g/mol. The van der Waals surface area contributed by atoms with Gasteiger partial charge in [-0.1, -0.05) is 23.7 Å². The summed E-state index contributed by atoms with van der Waals surface area (Å²) in [5, 5.41) is 9.77. The molecule has 1 aromatic carbocycles. The third-order valence-electron chi connectivity index (χ3n) is 2.90. The molecule has 0 spiro atoms. The van der Waals surface area contributed by atoms with E-state index in [1.165, 1.54) is 0 Å². The van der Waals surface area contributed by atoms with Crippen LogP contribution in [0.25, 0.3) is 0 Å². The van der Waals surface area contributed by atoms with Gasteiger partial charge in [-0.2, -0.15) is 5.26 Å². The number of amides is 1. The molecule has 3 nitrogen and oxygen atoms in total. The van der Waals surface area contributed by atoms with Crippen LogP contribution in [0.1, 0.15) is 31.7 Å². The zero-order valence-electron chi connectivity index (χ0n) is 10.7. The molecule has 0 saturated carbocycles. The van der Waals surface area contributed by atoms with Gasteiger partial charge in [0.15, 0.2) is 0 Å². The van der Waals surface area contributed by atoms with Gasteiger partial charge in [-0.25, -0.2) is 0 Å². The Hall–Kier alpha value is -1.53. The van der Waals surface area contributed by atoms with Gasteiger partial charge in [-0.05, 0) is 31.5 Å². The first-order valence-corrected chi connectivity index (χ1v) is 6.43. The zero-order chi connectivity index (χ0) is 13.5. The number of carbonyl (C=O) groups excluding carboxylic acids is 1. The second kappa shape index (κ2) is 7.03. The molecule has 1 unspecified atom stereocenters. The predicted molar refractivity (Wildman–Crippen MR) is 72.4 cm³/mol. The van der Waals surface area contributed by atoms with Crippen molar-refractivity contribution in [1.82, 2.24) is 4.90 Å². The van der Waals surface area contributed by atoms with Gasteiger partial charge in [-0.3, -0.25) is 4.79 Å². The maximum atomic E-state index is 12.0. The van der Waals surface area contributed by atoms with Crippen molar-refractivity contribution in [3.05, 3.63) is 34.9 Å². The Kier molecular flexibility index (Phi) is 5.67. The van der Waals surface area contributed by atoms with Crippen molar-refractivity contribution in [3.8, 4) is 6.07 Å². The molecule has 0 N–H and O–H groups in total. The fraction of sp³-hybridized carbons (Fsp3) is 0.429. The molecular formula is C14H17ClN2O. The van der Waals surface area contributed by atoms with E-state index in [0.29, 0.717) is 18.1 Å². The summed E-state index contributed by atoms with van der Waals surface area (Å²) in [6, 6.07) is 9.29. The second-order valence-corrected chi connectivity index (χ2v) is 4.44. The minimum absolute atomic E-state index is 0.00604. The normalized spacial score (nSPS) is 11.7. The topological polar surface area (TPSA) is 44.1 Å². The van der Waals surface area contributed by atoms with E-state index >= 15 is 0 Å². The molecule has 0 aromatic heterocycles. The number of hydrogen-bond acceptors (Lipinski definition) is 2. The lowest BCUT2D eigenvalue weighted by Gasteiger charge is -2.20. The van der Waals surface area contributed by atoms with Gasteiger partial charge in [0, 0.05) is 24.5 Å². The molecule has 0 aliphatic rings. The van der Waals surface area contributed by atoms with E-state index in [1.54, 1.807) is 23.1 Å². The quantitative estimate of drug-likeness (QED) is 0.820. The van der Waals surface area contributed by atoms with Crippen molar-refractivity contribution in [1.29, 1.82) is 5.26 Å². The van der Waals surface area contributed by atoms with Crippen LogP contribution in [0.2, 0.25) is 5.02 Å². The first-order chi connectivity index (χ1) is 8.62. The summed E-state index contributed by atoms with van der Waals surface area (Å²) < 4.78 is 0. The monoisotopic (exact) mass is 264 g/mol. The number of hydrogen-bond donors (Lipinski definition) is 0. The van der Waals surface area contributed by atoms with E-state index in [2.05, 4.69) is 6.07 Å². The smallest absolute Gasteiger partial charge is 0.224 e. The number of rotatable bonds is 5. The summed E-state index contributed by atoms with van der Waals surface area (Å²) in [5.74, 6) is -0.427. The summed E-state index contributed by atoms with van der Waals surface area (Å²) in [4.78, 5) is 13.7. The number of halogens is 1. The van der Waals surface area contributed by atoms with Crippen molar-refractivity contribution in [2.24, 2.45) is 0 Å². The van der Waals surface area contributed by atoms with E-state index < -0.39 is 5.92 Å². The Morgan fingerprint density at radius 2 is 2.11 bits per heavy atom. The average Bonchev–Trinajstić information content (AvgIpc) is 2.37. The molecule has 0 radical (unpaired) electrons. The van der Waals surface area contributed by atoms with Crippen molar-refractivity contribution in [2.45, 2.75) is 26.2 Å². The van der Waals surface area contributed by atoms with Crippen LogP contribution in [0.3, 0.4) is 0 Å². The molecule has 18 heavy (non-hydrogen) atoms. The van der Waals surface area contributed by atoms with Crippen molar-refractivity contribution in [2.75, 3.05) is 13.1 Å². The van der Waals surface area contributed by atoms with Gasteiger partial charge in [0.25, 0.3) is 0 Å². The molecule has 1 amide bonds. The van der Waals surface area contributed by atoms with Gasteiger partial charge in [0.05, 0.1) is 12.0 Å². The van der Waals surface area contributed by atoms with Gasteiger partial charge in [-0.15, -0.1) is 0 Å². The highest BCUT2D eigenvalue weighted by Gasteiger charge is 2.18. The van der Waals surface area contributed by atoms with Crippen molar-refractivity contribution < 1.29 is 4.79 Å². The van der Waals surface area contributed by atoms with Gasteiger partial charge in [0.2, 0.25) is 5.91 Å². The molecule has 1 aromatic rings. The lowest BCUT2D eigenvalue weighted by Crippen LogP contribution is -2.31. The molecule has 0 saturated heterocycles. The van der Waals surface area contributed by atoms with E-state index in [4.69, 9.17) is 11.6 Å². The Morgan fingerprint density at radius 1 is 1.44 bits per heavy atom.